The summed E-state index contributed by atoms with van der Waals surface area (Å²) >= 11 is 0. The molecule has 0 aliphatic carbocycles. The van der Waals surface area contributed by atoms with Gasteiger partial charge < -0.3 is 18.9 Å². The van der Waals surface area contributed by atoms with Gasteiger partial charge in [-0.3, -0.25) is 0 Å². The SMILES string of the molecule is COC1COC(C)OC1OC. The van der Waals surface area contributed by atoms with E-state index in [9.17, 15) is 0 Å². The summed E-state index contributed by atoms with van der Waals surface area (Å²) in [7, 11) is 3.20. The average Bonchev–Trinajstić information content (AvgIpc) is 2.04. The molecular formula is C7H14O4. The summed E-state index contributed by atoms with van der Waals surface area (Å²) in [6.45, 7) is 2.36. The first-order valence-corrected chi connectivity index (χ1v) is 3.60. The van der Waals surface area contributed by atoms with E-state index in [1.54, 1.807) is 14.2 Å². The van der Waals surface area contributed by atoms with Crippen molar-refractivity contribution in [3.05, 3.63) is 0 Å². The quantitative estimate of drug-likeness (QED) is 0.587. The van der Waals surface area contributed by atoms with Gasteiger partial charge in [0.1, 0.15) is 6.10 Å². The van der Waals surface area contributed by atoms with Gasteiger partial charge in [-0.25, -0.2) is 0 Å². The van der Waals surface area contributed by atoms with Crippen LogP contribution in [0.2, 0.25) is 0 Å². The fourth-order valence-corrected chi connectivity index (χ4v) is 1.01. The van der Waals surface area contributed by atoms with Crippen LogP contribution in [0.4, 0.5) is 0 Å². The van der Waals surface area contributed by atoms with E-state index in [4.69, 9.17) is 18.9 Å². The number of hydrogen-bond acceptors (Lipinski definition) is 4. The van der Waals surface area contributed by atoms with Crippen molar-refractivity contribution in [1.29, 1.82) is 0 Å². The molecule has 3 unspecified atom stereocenters. The smallest absolute Gasteiger partial charge is 0.188 e. The highest BCUT2D eigenvalue weighted by molar-refractivity contribution is 4.65. The van der Waals surface area contributed by atoms with Crippen molar-refractivity contribution in [1.82, 2.24) is 0 Å². The van der Waals surface area contributed by atoms with Crippen LogP contribution in [-0.2, 0) is 18.9 Å². The van der Waals surface area contributed by atoms with Gasteiger partial charge in [-0.05, 0) is 6.92 Å². The molecule has 1 aliphatic heterocycles. The molecule has 0 aromatic rings. The Morgan fingerprint density at radius 2 is 2.00 bits per heavy atom. The Bertz CT molecular complexity index is 117. The number of hydrogen-bond donors (Lipinski definition) is 0. The first kappa shape index (κ1) is 8.93. The summed E-state index contributed by atoms with van der Waals surface area (Å²) in [6, 6.07) is 0. The van der Waals surface area contributed by atoms with Gasteiger partial charge in [-0.2, -0.15) is 0 Å². The second kappa shape index (κ2) is 4.01. The number of methoxy groups -OCH3 is 2. The molecule has 4 heteroatoms. The molecule has 0 aromatic carbocycles. The minimum atomic E-state index is -0.302. The number of ether oxygens (including phenoxy) is 4. The van der Waals surface area contributed by atoms with Crippen molar-refractivity contribution >= 4 is 0 Å². The Kier molecular flexibility index (Phi) is 3.26. The predicted octanol–water partition coefficient (Wildman–Crippen LogP) is 0.367. The highest BCUT2D eigenvalue weighted by atomic mass is 16.8. The van der Waals surface area contributed by atoms with Crippen molar-refractivity contribution in [2.24, 2.45) is 0 Å². The van der Waals surface area contributed by atoms with E-state index in [1.165, 1.54) is 0 Å². The molecule has 0 saturated carbocycles. The largest absolute Gasteiger partial charge is 0.374 e. The normalized spacial score (nSPS) is 39.0. The molecular weight excluding hydrogens is 148 g/mol. The topological polar surface area (TPSA) is 36.9 Å². The summed E-state index contributed by atoms with van der Waals surface area (Å²) in [6.07, 6.45) is -0.619. The molecule has 0 amide bonds. The Morgan fingerprint density at radius 1 is 1.27 bits per heavy atom. The van der Waals surface area contributed by atoms with Crippen LogP contribution in [0.5, 0.6) is 0 Å². The lowest BCUT2D eigenvalue weighted by molar-refractivity contribution is -0.313. The molecule has 1 fully saturated rings. The zero-order valence-electron chi connectivity index (χ0n) is 7.07. The Balaban J connectivity index is 2.41. The molecule has 0 bridgehead atoms. The third kappa shape index (κ3) is 2.13. The standard InChI is InChI=1S/C7H14O4/c1-5-10-4-6(8-2)7(9-3)11-5/h5-7H,4H2,1-3H3. The van der Waals surface area contributed by atoms with Crippen molar-refractivity contribution in [2.75, 3.05) is 20.8 Å². The molecule has 1 heterocycles. The predicted molar refractivity (Wildman–Crippen MR) is 38.1 cm³/mol. The lowest BCUT2D eigenvalue weighted by Crippen LogP contribution is -2.44. The van der Waals surface area contributed by atoms with E-state index in [0.29, 0.717) is 6.61 Å². The van der Waals surface area contributed by atoms with E-state index < -0.39 is 0 Å². The molecule has 1 rings (SSSR count). The van der Waals surface area contributed by atoms with E-state index in [1.807, 2.05) is 6.92 Å². The molecule has 0 radical (unpaired) electrons. The molecule has 0 N–H and O–H groups in total. The fourth-order valence-electron chi connectivity index (χ4n) is 1.01. The number of rotatable bonds is 2. The van der Waals surface area contributed by atoms with Gasteiger partial charge in [0.2, 0.25) is 0 Å². The molecule has 11 heavy (non-hydrogen) atoms. The van der Waals surface area contributed by atoms with E-state index >= 15 is 0 Å². The summed E-state index contributed by atoms with van der Waals surface area (Å²) in [5.74, 6) is 0. The minimum Gasteiger partial charge on any atom is -0.374 e. The van der Waals surface area contributed by atoms with Crippen LogP contribution < -0.4 is 0 Å². The second-order valence-electron chi connectivity index (χ2n) is 2.42. The summed E-state index contributed by atoms with van der Waals surface area (Å²) < 4.78 is 20.6. The van der Waals surface area contributed by atoms with Gasteiger partial charge in [-0.15, -0.1) is 0 Å². The molecule has 1 aliphatic rings. The van der Waals surface area contributed by atoms with E-state index in [-0.39, 0.29) is 18.7 Å². The summed E-state index contributed by atoms with van der Waals surface area (Å²) in [5.41, 5.74) is 0. The van der Waals surface area contributed by atoms with Gasteiger partial charge in [0.25, 0.3) is 0 Å². The van der Waals surface area contributed by atoms with Crippen LogP contribution in [0.15, 0.2) is 0 Å². The van der Waals surface area contributed by atoms with Crippen molar-refractivity contribution in [3.8, 4) is 0 Å². The van der Waals surface area contributed by atoms with E-state index in [2.05, 4.69) is 0 Å². The first-order chi connectivity index (χ1) is 5.27. The molecule has 1 saturated heterocycles. The lowest BCUT2D eigenvalue weighted by atomic mass is 10.3. The Hall–Kier alpha value is -0.160. The zero-order chi connectivity index (χ0) is 8.27. The van der Waals surface area contributed by atoms with Crippen molar-refractivity contribution < 1.29 is 18.9 Å². The summed E-state index contributed by atoms with van der Waals surface area (Å²) in [5, 5.41) is 0. The summed E-state index contributed by atoms with van der Waals surface area (Å²) in [4.78, 5) is 0. The van der Waals surface area contributed by atoms with Crippen LogP contribution in [0, 0.1) is 0 Å². The monoisotopic (exact) mass is 162 g/mol. The van der Waals surface area contributed by atoms with Crippen LogP contribution in [-0.4, -0.2) is 39.5 Å². The van der Waals surface area contributed by atoms with Crippen molar-refractivity contribution in [3.63, 3.8) is 0 Å². The molecule has 0 spiro atoms. The van der Waals surface area contributed by atoms with Gasteiger partial charge in [0.05, 0.1) is 6.61 Å². The highest BCUT2D eigenvalue weighted by Gasteiger charge is 2.29. The molecule has 3 atom stereocenters. The van der Waals surface area contributed by atoms with Gasteiger partial charge in [-0.1, -0.05) is 0 Å². The van der Waals surface area contributed by atoms with Crippen molar-refractivity contribution in [2.45, 2.75) is 25.6 Å². The van der Waals surface area contributed by atoms with E-state index in [0.717, 1.165) is 0 Å². The fraction of sp³-hybridized carbons (Fsp3) is 1.00. The molecule has 66 valence electrons. The second-order valence-corrected chi connectivity index (χ2v) is 2.42. The molecule has 0 aromatic heterocycles. The maximum atomic E-state index is 5.27. The lowest BCUT2D eigenvalue weighted by Gasteiger charge is -2.32. The maximum absolute atomic E-state index is 5.27. The average molecular weight is 162 g/mol. The molecule has 4 nitrogen and oxygen atoms in total. The highest BCUT2D eigenvalue weighted by Crippen LogP contribution is 2.15. The maximum Gasteiger partial charge on any atom is 0.188 e. The zero-order valence-corrected chi connectivity index (χ0v) is 7.07. The minimum absolute atomic E-state index is 0.115. The van der Waals surface area contributed by atoms with Gasteiger partial charge >= 0.3 is 0 Å². The van der Waals surface area contributed by atoms with Crippen LogP contribution in [0.25, 0.3) is 0 Å². The Morgan fingerprint density at radius 3 is 2.55 bits per heavy atom. The van der Waals surface area contributed by atoms with Crippen LogP contribution >= 0.6 is 0 Å². The van der Waals surface area contributed by atoms with Crippen LogP contribution in [0.1, 0.15) is 6.92 Å². The Labute approximate surface area is 66.4 Å². The third-order valence-corrected chi connectivity index (χ3v) is 1.66. The van der Waals surface area contributed by atoms with Crippen LogP contribution in [0.3, 0.4) is 0 Å². The third-order valence-electron chi connectivity index (χ3n) is 1.66. The van der Waals surface area contributed by atoms with Gasteiger partial charge in [0.15, 0.2) is 12.6 Å². The first-order valence-electron chi connectivity index (χ1n) is 3.60. The van der Waals surface area contributed by atoms with Gasteiger partial charge in [0, 0.05) is 14.2 Å².